The average molecular weight is 167 g/mol. The van der Waals surface area contributed by atoms with Gasteiger partial charge in [-0.25, -0.2) is 4.79 Å². The van der Waals surface area contributed by atoms with E-state index in [9.17, 15) is 4.79 Å². The molecule has 0 aliphatic carbocycles. The molecule has 4 heteroatoms. The molecule has 1 aromatic rings. The van der Waals surface area contributed by atoms with Crippen molar-refractivity contribution in [1.82, 2.24) is 0 Å². The Labute approximate surface area is 69.7 Å². The van der Waals surface area contributed by atoms with Crippen molar-refractivity contribution in [2.24, 2.45) is 0 Å². The maximum absolute atomic E-state index is 10.5. The third-order valence-corrected chi connectivity index (χ3v) is 1.44. The lowest BCUT2D eigenvalue weighted by atomic mass is 10.3. The predicted molar refractivity (Wildman–Crippen MR) is 44.0 cm³/mol. The third-order valence-electron chi connectivity index (χ3n) is 1.44. The molecule has 0 bridgehead atoms. The van der Waals surface area contributed by atoms with Gasteiger partial charge < -0.3 is 10.2 Å². The molecule has 0 spiro atoms. The summed E-state index contributed by atoms with van der Waals surface area (Å²) >= 11 is 0. The van der Waals surface area contributed by atoms with E-state index in [2.05, 4.69) is 0 Å². The molecule has 0 aromatic heterocycles. The van der Waals surface area contributed by atoms with Gasteiger partial charge >= 0.3 is 6.09 Å². The number of para-hydroxylation sites is 1. The van der Waals surface area contributed by atoms with Gasteiger partial charge in [0.2, 0.25) is 0 Å². The Balaban J connectivity index is 2.88. The molecular weight excluding hydrogens is 158 g/mol. The van der Waals surface area contributed by atoms with E-state index in [-0.39, 0.29) is 0 Å². The Morgan fingerprint density at radius 2 is 1.92 bits per heavy atom. The number of carboxylic acid groups (broad SMARTS) is 1. The zero-order valence-corrected chi connectivity index (χ0v) is 6.34. The Bertz CT molecular complexity index is 260. The number of rotatable bonds is 2. The molecule has 0 aliphatic rings. The summed E-state index contributed by atoms with van der Waals surface area (Å²) in [6.45, 7) is -0.528. The van der Waals surface area contributed by atoms with Crippen molar-refractivity contribution in [2.45, 2.75) is 0 Å². The molecule has 0 fully saturated rings. The van der Waals surface area contributed by atoms with Crippen LogP contribution in [0.1, 0.15) is 0 Å². The smallest absolute Gasteiger partial charge is 0.413 e. The number of hydrogen-bond donors (Lipinski definition) is 2. The first-order chi connectivity index (χ1) is 5.75. The van der Waals surface area contributed by atoms with Crippen molar-refractivity contribution in [2.75, 3.05) is 11.6 Å². The molecule has 64 valence electrons. The van der Waals surface area contributed by atoms with Crippen LogP contribution >= 0.6 is 0 Å². The van der Waals surface area contributed by atoms with Crippen LogP contribution in [0.25, 0.3) is 0 Å². The number of amides is 1. The Kier molecular flexibility index (Phi) is 2.66. The van der Waals surface area contributed by atoms with Crippen molar-refractivity contribution in [1.29, 1.82) is 0 Å². The quantitative estimate of drug-likeness (QED) is 0.649. The number of benzene rings is 1. The Morgan fingerprint density at radius 1 is 1.33 bits per heavy atom. The van der Waals surface area contributed by atoms with Gasteiger partial charge in [-0.15, -0.1) is 0 Å². The standard InChI is InChI=1S/C8H9NO3/c10-6-9(8(11)12)7-4-2-1-3-5-7/h1-5,10H,6H2,(H,11,12). The number of carbonyl (C=O) groups is 1. The highest BCUT2D eigenvalue weighted by atomic mass is 16.4. The molecule has 0 unspecified atom stereocenters. The fourth-order valence-electron chi connectivity index (χ4n) is 0.861. The summed E-state index contributed by atoms with van der Waals surface area (Å²) in [6, 6.07) is 8.43. The fourth-order valence-corrected chi connectivity index (χ4v) is 0.861. The van der Waals surface area contributed by atoms with Gasteiger partial charge in [-0.2, -0.15) is 0 Å². The predicted octanol–water partition coefficient (Wildman–Crippen LogP) is 1.12. The van der Waals surface area contributed by atoms with Crippen molar-refractivity contribution in [3.05, 3.63) is 30.3 Å². The zero-order chi connectivity index (χ0) is 8.97. The molecule has 0 heterocycles. The van der Waals surface area contributed by atoms with E-state index < -0.39 is 12.8 Å². The van der Waals surface area contributed by atoms with E-state index >= 15 is 0 Å². The average Bonchev–Trinajstić information content (AvgIpc) is 2.07. The molecule has 0 atom stereocenters. The second-order valence-corrected chi connectivity index (χ2v) is 2.19. The molecule has 0 saturated carbocycles. The van der Waals surface area contributed by atoms with Crippen LogP contribution in [0.3, 0.4) is 0 Å². The van der Waals surface area contributed by atoms with Crippen molar-refractivity contribution in [3.63, 3.8) is 0 Å². The summed E-state index contributed by atoms with van der Waals surface area (Å²) in [5.41, 5.74) is 0.465. The lowest BCUT2D eigenvalue weighted by Crippen LogP contribution is -2.29. The van der Waals surface area contributed by atoms with Crippen LogP contribution < -0.4 is 4.90 Å². The van der Waals surface area contributed by atoms with Gasteiger partial charge in [0.15, 0.2) is 0 Å². The van der Waals surface area contributed by atoms with Crippen LogP contribution in [-0.2, 0) is 0 Å². The van der Waals surface area contributed by atoms with E-state index in [0.29, 0.717) is 5.69 Å². The van der Waals surface area contributed by atoms with Crippen LogP contribution in [0.2, 0.25) is 0 Å². The third kappa shape index (κ3) is 1.73. The monoisotopic (exact) mass is 167 g/mol. The summed E-state index contributed by atoms with van der Waals surface area (Å²) in [7, 11) is 0. The maximum atomic E-state index is 10.5. The van der Waals surface area contributed by atoms with E-state index in [1.54, 1.807) is 30.3 Å². The number of aliphatic hydroxyl groups excluding tert-OH is 1. The number of nitrogens with zero attached hydrogens (tertiary/aromatic N) is 1. The van der Waals surface area contributed by atoms with Crippen LogP contribution in [0.5, 0.6) is 0 Å². The zero-order valence-electron chi connectivity index (χ0n) is 6.34. The summed E-state index contributed by atoms with van der Waals surface area (Å²) < 4.78 is 0. The number of anilines is 1. The highest BCUT2D eigenvalue weighted by molar-refractivity contribution is 5.85. The molecule has 2 N–H and O–H groups in total. The van der Waals surface area contributed by atoms with Crippen LogP contribution in [0.4, 0.5) is 10.5 Å². The number of hydrogen-bond acceptors (Lipinski definition) is 2. The SMILES string of the molecule is O=C(O)N(CO)c1ccccc1. The van der Waals surface area contributed by atoms with Crippen LogP contribution in [0.15, 0.2) is 30.3 Å². The first kappa shape index (κ1) is 8.55. The highest BCUT2D eigenvalue weighted by Crippen LogP contribution is 2.11. The first-order valence-electron chi connectivity index (χ1n) is 3.42. The second-order valence-electron chi connectivity index (χ2n) is 2.19. The highest BCUT2D eigenvalue weighted by Gasteiger charge is 2.10. The van der Waals surface area contributed by atoms with Crippen LogP contribution in [-0.4, -0.2) is 23.0 Å². The first-order valence-corrected chi connectivity index (χ1v) is 3.42. The molecule has 1 aromatic carbocycles. The number of aliphatic hydroxyl groups is 1. The van der Waals surface area contributed by atoms with E-state index in [0.717, 1.165) is 4.90 Å². The van der Waals surface area contributed by atoms with Gasteiger partial charge in [-0.3, -0.25) is 4.90 Å². The lowest BCUT2D eigenvalue weighted by Gasteiger charge is -2.15. The normalized spacial score (nSPS) is 9.42. The lowest BCUT2D eigenvalue weighted by molar-refractivity contribution is 0.190. The molecule has 0 saturated heterocycles. The maximum Gasteiger partial charge on any atom is 0.413 e. The van der Waals surface area contributed by atoms with Crippen molar-refractivity contribution < 1.29 is 15.0 Å². The van der Waals surface area contributed by atoms with E-state index in [1.807, 2.05) is 0 Å². The molecule has 12 heavy (non-hydrogen) atoms. The van der Waals surface area contributed by atoms with Gasteiger partial charge in [-0.1, -0.05) is 18.2 Å². The van der Waals surface area contributed by atoms with Gasteiger partial charge in [0.05, 0.1) is 0 Å². The molecular formula is C8H9NO3. The fraction of sp³-hybridized carbons (Fsp3) is 0.125. The largest absolute Gasteiger partial charge is 0.465 e. The van der Waals surface area contributed by atoms with Gasteiger partial charge in [0.1, 0.15) is 6.73 Å². The van der Waals surface area contributed by atoms with E-state index in [1.165, 1.54) is 0 Å². The Morgan fingerprint density at radius 3 is 2.33 bits per heavy atom. The minimum Gasteiger partial charge on any atom is -0.465 e. The van der Waals surface area contributed by atoms with Crippen molar-refractivity contribution in [3.8, 4) is 0 Å². The molecule has 0 aliphatic heterocycles. The summed E-state index contributed by atoms with van der Waals surface area (Å²) in [5.74, 6) is 0. The minimum atomic E-state index is -1.16. The van der Waals surface area contributed by atoms with Gasteiger partial charge in [0.25, 0.3) is 0 Å². The Hall–Kier alpha value is -1.55. The molecule has 4 nitrogen and oxygen atoms in total. The van der Waals surface area contributed by atoms with Gasteiger partial charge in [-0.05, 0) is 12.1 Å². The minimum absolute atomic E-state index is 0.465. The van der Waals surface area contributed by atoms with Crippen molar-refractivity contribution >= 4 is 11.8 Å². The summed E-state index contributed by atoms with van der Waals surface area (Å²) in [6.07, 6.45) is -1.16. The molecule has 1 rings (SSSR count). The van der Waals surface area contributed by atoms with Gasteiger partial charge in [0, 0.05) is 5.69 Å². The molecule has 1 amide bonds. The molecule has 0 radical (unpaired) electrons. The summed E-state index contributed by atoms with van der Waals surface area (Å²) in [5, 5.41) is 17.3. The van der Waals surface area contributed by atoms with E-state index in [4.69, 9.17) is 10.2 Å². The summed E-state index contributed by atoms with van der Waals surface area (Å²) in [4.78, 5) is 11.3. The van der Waals surface area contributed by atoms with Crippen LogP contribution in [0, 0.1) is 0 Å². The topological polar surface area (TPSA) is 60.8 Å². The second kappa shape index (κ2) is 3.73.